The lowest BCUT2D eigenvalue weighted by Gasteiger charge is -2.34. The Labute approximate surface area is 145 Å². The van der Waals surface area contributed by atoms with Gasteiger partial charge in [0.05, 0.1) is 18.8 Å². The van der Waals surface area contributed by atoms with Gasteiger partial charge < -0.3 is 19.7 Å². The lowest BCUT2D eigenvalue weighted by atomic mass is 10.1. The number of piperidine rings is 1. The Hall–Kier alpha value is -0.460. The molecule has 0 radical (unpaired) electrons. The standard InChI is InChI=1S/C17H33N3O2S/c1-18-17(19-9-3-4-13-23-2)20-10-7-15(8-11-20)22-14-16-6-5-12-21-16/h15-16H,3-14H2,1-2H3,(H,18,19). The summed E-state index contributed by atoms with van der Waals surface area (Å²) in [6.45, 7) is 4.75. The maximum atomic E-state index is 6.04. The van der Waals surface area contributed by atoms with E-state index in [1.54, 1.807) is 0 Å². The summed E-state index contributed by atoms with van der Waals surface area (Å²) in [6, 6.07) is 0. The van der Waals surface area contributed by atoms with Gasteiger partial charge in [-0.3, -0.25) is 4.99 Å². The van der Waals surface area contributed by atoms with Gasteiger partial charge in [0.25, 0.3) is 0 Å². The number of rotatable bonds is 8. The molecule has 0 aromatic carbocycles. The average Bonchev–Trinajstić information content (AvgIpc) is 3.10. The quantitative estimate of drug-likeness (QED) is 0.416. The number of nitrogens with one attached hydrogen (secondary N) is 1. The first-order valence-electron chi connectivity index (χ1n) is 9.01. The van der Waals surface area contributed by atoms with E-state index >= 15 is 0 Å². The van der Waals surface area contributed by atoms with E-state index in [2.05, 4.69) is 21.5 Å². The fraction of sp³-hybridized carbons (Fsp3) is 0.941. The zero-order chi connectivity index (χ0) is 16.3. The number of hydrogen-bond acceptors (Lipinski definition) is 4. The first kappa shape index (κ1) is 18.9. The van der Waals surface area contributed by atoms with Gasteiger partial charge in [-0.25, -0.2) is 0 Å². The van der Waals surface area contributed by atoms with E-state index in [1.807, 2.05) is 18.8 Å². The molecule has 0 aromatic heterocycles. The molecule has 2 rings (SSSR count). The van der Waals surface area contributed by atoms with Gasteiger partial charge in [-0.05, 0) is 50.5 Å². The number of thioether (sulfide) groups is 1. The molecule has 0 aromatic rings. The molecule has 0 saturated carbocycles. The van der Waals surface area contributed by atoms with Crippen LogP contribution in [-0.2, 0) is 9.47 Å². The molecule has 0 spiro atoms. The molecule has 134 valence electrons. The molecule has 1 atom stereocenters. The highest BCUT2D eigenvalue weighted by atomic mass is 32.2. The van der Waals surface area contributed by atoms with E-state index in [1.165, 1.54) is 25.0 Å². The van der Waals surface area contributed by atoms with E-state index in [-0.39, 0.29) is 0 Å². The van der Waals surface area contributed by atoms with E-state index in [0.29, 0.717) is 12.2 Å². The topological polar surface area (TPSA) is 46.1 Å². The number of unbranched alkanes of at least 4 members (excludes halogenated alkanes) is 1. The van der Waals surface area contributed by atoms with E-state index in [0.717, 1.165) is 58.1 Å². The van der Waals surface area contributed by atoms with Crippen molar-refractivity contribution in [2.24, 2.45) is 4.99 Å². The largest absolute Gasteiger partial charge is 0.376 e. The third-order valence-electron chi connectivity index (χ3n) is 4.55. The number of aliphatic imine (C=N–C) groups is 1. The molecular weight excluding hydrogens is 310 g/mol. The predicted molar refractivity (Wildman–Crippen MR) is 98.5 cm³/mol. The van der Waals surface area contributed by atoms with Crippen LogP contribution in [-0.4, -0.2) is 75.0 Å². The Balaban J connectivity index is 1.59. The third kappa shape index (κ3) is 6.89. The zero-order valence-electron chi connectivity index (χ0n) is 14.8. The van der Waals surface area contributed by atoms with Crippen molar-refractivity contribution in [2.45, 2.75) is 50.7 Å². The van der Waals surface area contributed by atoms with E-state index < -0.39 is 0 Å². The van der Waals surface area contributed by atoms with E-state index in [9.17, 15) is 0 Å². The molecule has 0 aliphatic carbocycles. The van der Waals surface area contributed by atoms with Crippen LogP contribution < -0.4 is 5.32 Å². The first-order valence-corrected chi connectivity index (χ1v) is 10.4. The molecule has 2 aliphatic heterocycles. The highest BCUT2D eigenvalue weighted by Crippen LogP contribution is 2.17. The van der Waals surface area contributed by atoms with Crippen molar-refractivity contribution in [3.05, 3.63) is 0 Å². The lowest BCUT2D eigenvalue weighted by Crippen LogP contribution is -2.47. The van der Waals surface area contributed by atoms with Gasteiger partial charge >= 0.3 is 0 Å². The van der Waals surface area contributed by atoms with Crippen molar-refractivity contribution in [1.82, 2.24) is 10.2 Å². The highest BCUT2D eigenvalue weighted by molar-refractivity contribution is 7.98. The van der Waals surface area contributed by atoms with Crippen LogP contribution in [0.15, 0.2) is 4.99 Å². The molecule has 23 heavy (non-hydrogen) atoms. The molecule has 2 aliphatic rings. The van der Waals surface area contributed by atoms with Crippen molar-refractivity contribution >= 4 is 17.7 Å². The first-order chi connectivity index (χ1) is 11.3. The Kier molecular flexibility index (Phi) is 9.15. The SMILES string of the molecule is CN=C(NCCCCSC)N1CCC(OCC2CCCO2)CC1. The number of hydrogen-bond donors (Lipinski definition) is 1. The summed E-state index contributed by atoms with van der Waals surface area (Å²) in [7, 11) is 1.88. The van der Waals surface area contributed by atoms with Crippen molar-refractivity contribution in [3.63, 3.8) is 0 Å². The normalized spacial score (nSPS) is 23.5. The minimum absolute atomic E-state index is 0.337. The summed E-state index contributed by atoms with van der Waals surface area (Å²) < 4.78 is 11.7. The second-order valence-electron chi connectivity index (χ2n) is 6.33. The van der Waals surface area contributed by atoms with Crippen LogP contribution in [0, 0.1) is 0 Å². The van der Waals surface area contributed by atoms with Gasteiger partial charge in [0.15, 0.2) is 5.96 Å². The molecule has 2 heterocycles. The van der Waals surface area contributed by atoms with Crippen LogP contribution in [0.25, 0.3) is 0 Å². The molecule has 0 bridgehead atoms. The molecule has 2 saturated heterocycles. The summed E-state index contributed by atoms with van der Waals surface area (Å²) in [5, 5.41) is 3.50. The van der Waals surface area contributed by atoms with Crippen molar-refractivity contribution in [2.75, 3.05) is 51.9 Å². The highest BCUT2D eigenvalue weighted by Gasteiger charge is 2.23. The average molecular weight is 344 g/mol. The van der Waals surface area contributed by atoms with Crippen LogP contribution in [0.2, 0.25) is 0 Å². The minimum atomic E-state index is 0.337. The molecular formula is C17H33N3O2S. The molecule has 0 amide bonds. The summed E-state index contributed by atoms with van der Waals surface area (Å²) in [4.78, 5) is 6.79. The number of likely N-dealkylation sites (tertiary alicyclic amines) is 1. The number of guanidine groups is 1. The fourth-order valence-corrected chi connectivity index (χ4v) is 3.65. The van der Waals surface area contributed by atoms with Crippen molar-refractivity contribution in [3.8, 4) is 0 Å². The Morgan fingerprint density at radius 3 is 2.78 bits per heavy atom. The van der Waals surface area contributed by atoms with Crippen LogP contribution in [0.5, 0.6) is 0 Å². The van der Waals surface area contributed by atoms with Crippen LogP contribution in [0.1, 0.15) is 38.5 Å². The van der Waals surface area contributed by atoms with Crippen molar-refractivity contribution < 1.29 is 9.47 Å². The molecule has 2 fully saturated rings. The maximum Gasteiger partial charge on any atom is 0.193 e. The van der Waals surface area contributed by atoms with Gasteiger partial charge in [-0.2, -0.15) is 11.8 Å². The van der Waals surface area contributed by atoms with Gasteiger partial charge in [-0.1, -0.05) is 0 Å². The summed E-state index contributed by atoms with van der Waals surface area (Å²) >= 11 is 1.92. The van der Waals surface area contributed by atoms with Crippen LogP contribution in [0.4, 0.5) is 0 Å². The van der Waals surface area contributed by atoms with Crippen LogP contribution in [0.3, 0.4) is 0 Å². The number of nitrogens with zero attached hydrogens (tertiary/aromatic N) is 2. The second kappa shape index (κ2) is 11.2. The van der Waals surface area contributed by atoms with Crippen LogP contribution >= 0.6 is 11.8 Å². The molecule has 1 N–H and O–H groups in total. The zero-order valence-corrected chi connectivity index (χ0v) is 15.6. The second-order valence-corrected chi connectivity index (χ2v) is 7.31. The minimum Gasteiger partial charge on any atom is -0.376 e. The van der Waals surface area contributed by atoms with Gasteiger partial charge in [0.2, 0.25) is 0 Å². The molecule has 1 unspecified atom stereocenters. The van der Waals surface area contributed by atoms with Gasteiger partial charge in [0, 0.05) is 33.3 Å². The summed E-state index contributed by atoms with van der Waals surface area (Å²) in [6.07, 6.45) is 9.87. The fourth-order valence-electron chi connectivity index (χ4n) is 3.16. The molecule has 5 nitrogen and oxygen atoms in total. The van der Waals surface area contributed by atoms with Crippen molar-refractivity contribution in [1.29, 1.82) is 0 Å². The van der Waals surface area contributed by atoms with E-state index in [4.69, 9.17) is 9.47 Å². The predicted octanol–water partition coefficient (Wildman–Crippen LogP) is 2.36. The monoisotopic (exact) mass is 343 g/mol. The smallest absolute Gasteiger partial charge is 0.193 e. The Morgan fingerprint density at radius 1 is 1.30 bits per heavy atom. The third-order valence-corrected chi connectivity index (χ3v) is 5.25. The molecule has 6 heteroatoms. The van der Waals surface area contributed by atoms with Gasteiger partial charge in [0.1, 0.15) is 0 Å². The lowest BCUT2D eigenvalue weighted by molar-refractivity contribution is -0.0367. The Bertz CT molecular complexity index is 341. The number of ether oxygens (including phenoxy) is 2. The maximum absolute atomic E-state index is 6.04. The summed E-state index contributed by atoms with van der Waals surface area (Å²) in [5.74, 6) is 2.29. The summed E-state index contributed by atoms with van der Waals surface area (Å²) in [5.41, 5.74) is 0. The Morgan fingerprint density at radius 2 is 2.13 bits per heavy atom. The van der Waals surface area contributed by atoms with Gasteiger partial charge in [-0.15, -0.1) is 0 Å².